The summed E-state index contributed by atoms with van der Waals surface area (Å²) >= 11 is 1.73. The fourth-order valence-corrected chi connectivity index (χ4v) is 3.45. The lowest BCUT2D eigenvalue weighted by molar-refractivity contribution is 0.306. The molecule has 146 valence electrons. The van der Waals surface area contributed by atoms with Crippen LogP contribution in [0.1, 0.15) is 27.9 Å². The first kappa shape index (κ1) is 19.9. The lowest BCUT2D eigenvalue weighted by atomic mass is 10.2. The first-order chi connectivity index (χ1) is 13.8. The average molecular weight is 395 g/mol. The molecular formula is C22H26N4OS. The Balaban J connectivity index is 1.48. The van der Waals surface area contributed by atoms with Crippen LogP contribution in [0.5, 0.6) is 5.75 Å². The summed E-state index contributed by atoms with van der Waals surface area (Å²) in [4.78, 5) is 10.0. The number of benzene rings is 2. The molecule has 6 heteroatoms. The molecule has 0 spiro atoms. The first-order valence-corrected chi connectivity index (χ1v) is 10.2. The molecule has 3 rings (SSSR count). The Morgan fingerprint density at radius 3 is 2.57 bits per heavy atom. The number of aliphatic imine (C=N–C) groups is 1. The third-order valence-corrected chi connectivity index (χ3v) is 5.33. The minimum atomic E-state index is 0.564. The van der Waals surface area contributed by atoms with Gasteiger partial charge in [-0.2, -0.15) is 0 Å². The number of hydrogen-bond donors (Lipinski definition) is 2. The molecule has 2 N–H and O–H groups in total. The number of thiazole rings is 1. The molecule has 28 heavy (non-hydrogen) atoms. The van der Waals surface area contributed by atoms with E-state index in [1.807, 2.05) is 36.5 Å². The number of aromatic nitrogens is 1. The summed E-state index contributed by atoms with van der Waals surface area (Å²) in [6.07, 6.45) is 2.96. The molecule has 0 atom stereocenters. The summed E-state index contributed by atoms with van der Waals surface area (Å²) < 4.78 is 5.90. The number of nitrogens with zero attached hydrogens (tertiary/aromatic N) is 2. The zero-order chi connectivity index (χ0) is 19.6. The molecule has 1 heterocycles. The molecule has 0 saturated carbocycles. The van der Waals surface area contributed by atoms with Gasteiger partial charge in [0, 0.05) is 24.7 Å². The Labute approximate surface area is 170 Å². The predicted molar refractivity (Wildman–Crippen MR) is 116 cm³/mol. The highest BCUT2D eigenvalue weighted by Gasteiger charge is 2.04. The topological polar surface area (TPSA) is 58.5 Å². The van der Waals surface area contributed by atoms with Crippen molar-refractivity contribution in [2.24, 2.45) is 4.99 Å². The van der Waals surface area contributed by atoms with Gasteiger partial charge in [0.05, 0.1) is 6.54 Å². The third-order valence-electron chi connectivity index (χ3n) is 4.19. The zero-order valence-electron chi connectivity index (χ0n) is 16.3. The van der Waals surface area contributed by atoms with Crippen LogP contribution in [0.15, 0.2) is 65.8 Å². The van der Waals surface area contributed by atoms with Crippen molar-refractivity contribution < 1.29 is 4.74 Å². The molecule has 0 radical (unpaired) electrons. The van der Waals surface area contributed by atoms with E-state index in [2.05, 4.69) is 51.8 Å². The summed E-state index contributed by atoms with van der Waals surface area (Å²) in [5.74, 6) is 1.62. The summed E-state index contributed by atoms with van der Waals surface area (Å²) in [6, 6.07) is 18.3. The molecule has 0 aliphatic rings. The number of guanidine groups is 1. The fourth-order valence-electron chi connectivity index (χ4n) is 2.65. The Morgan fingerprint density at radius 1 is 1.04 bits per heavy atom. The predicted octanol–water partition coefficient (Wildman–Crippen LogP) is 4.15. The monoisotopic (exact) mass is 394 g/mol. The maximum Gasteiger partial charge on any atom is 0.191 e. The van der Waals surface area contributed by atoms with Gasteiger partial charge < -0.3 is 15.4 Å². The molecule has 0 amide bonds. The summed E-state index contributed by atoms with van der Waals surface area (Å²) in [5, 5.41) is 7.71. The van der Waals surface area contributed by atoms with Gasteiger partial charge in [0.1, 0.15) is 17.4 Å². The van der Waals surface area contributed by atoms with Crippen molar-refractivity contribution in [3.8, 4) is 5.75 Å². The summed E-state index contributed by atoms with van der Waals surface area (Å²) in [5.41, 5.74) is 2.29. The van der Waals surface area contributed by atoms with Crippen molar-refractivity contribution >= 4 is 17.3 Å². The minimum absolute atomic E-state index is 0.564. The molecule has 0 fully saturated rings. The van der Waals surface area contributed by atoms with Crippen LogP contribution >= 0.6 is 11.3 Å². The van der Waals surface area contributed by atoms with Crippen LogP contribution in [0.3, 0.4) is 0 Å². The Bertz CT molecular complexity index is 892. The average Bonchev–Trinajstić information content (AvgIpc) is 3.21. The highest BCUT2D eigenvalue weighted by atomic mass is 32.1. The van der Waals surface area contributed by atoms with E-state index in [-0.39, 0.29) is 0 Å². The summed E-state index contributed by atoms with van der Waals surface area (Å²) in [6.45, 7) is 4.04. The van der Waals surface area contributed by atoms with Crippen LogP contribution in [0.2, 0.25) is 0 Å². The van der Waals surface area contributed by atoms with Crippen LogP contribution in [-0.4, -0.2) is 18.0 Å². The van der Waals surface area contributed by atoms with Gasteiger partial charge in [0.25, 0.3) is 0 Å². The van der Waals surface area contributed by atoms with E-state index < -0.39 is 0 Å². The standard InChI is InChI=1S/C22H26N4OS/c1-3-20-14-24-21(28-20)15-26-22(23-2)25-13-18-10-7-11-19(12-18)27-16-17-8-5-4-6-9-17/h4-12,14H,3,13,15-16H2,1-2H3,(H2,23,25,26). The van der Waals surface area contributed by atoms with Gasteiger partial charge in [-0.05, 0) is 29.7 Å². The van der Waals surface area contributed by atoms with Crippen LogP contribution in [0.25, 0.3) is 0 Å². The second-order valence-corrected chi connectivity index (χ2v) is 7.47. The van der Waals surface area contributed by atoms with Gasteiger partial charge in [-0.25, -0.2) is 4.98 Å². The van der Waals surface area contributed by atoms with Gasteiger partial charge in [0.2, 0.25) is 0 Å². The van der Waals surface area contributed by atoms with Crippen LogP contribution < -0.4 is 15.4 Å². The molecule has 0 bridgehead atoms. The maximum atomic E-state index is 5.90. The quantitative estimate of drug-likeness (QED) is 0.445. The van der Waals surface area contributed by atoms with E-state index >= 15 is 0 Å². The van der Waals surface area contributed by atoms with E-state index in [0.717, 1.165) is 34.3 Å². The highest BCUT2D eigenvalue weighted by molar-refractivity contribution is 7.11. The molecule has 2 aromatic carbocycles. The molecule has 0 aliphatic carbocycles. The van der Waals surface area contributed by atoms with E-state index in [9.17, 15) is 0 Å². The minimum Gasteiger partial charge on any atom is -0.489 e. The Morgan fingerprint density at radius 2 is 1.82 bits per heavy atom. The maximum absolute atomic E-state index is 5.90. The van der Waals surface area contributed by atoms with Gasteiger partial charge in [-0.1, -0.05) is 49.4 Å². The van der Waals surface area contributed by atoms with Gasteiger partial charge in [-0.3, -0.25) is 4.99 Å². The van der Waals surface area contributed by atoms with E-state index in [4.69, 9.17) is 4.74 Å². The van der Waals surface area contributed by atoms with Crippen molar-refractivity contribution in [1.82, 2.24) is 15.6 Å². The molecular weight excluding hydrogens is 368 g/mol. The second-order valence-electron chi connectivity index (χ2n) is 6.27. The normalized spacial score (nSPS) is 11.3. The lowest BCUT2D eigenvalue weighted by Gasteiger charge is -2.12. The van der Waals surface area contributed by atoms with Gasteiger partial charge >= 0.3 is 0 Å². The fraction of sp³-hybridized carbons (Fsp3) is 0.273. The number of nitrogens with one attached hydrogen (secondary N) is 2. The molecule has 5 nitrogen and oxygen atoms in total. The number of hydrogen-bond acceptors (Lipinski definition) is 4. The van der Waals surface area contributed by atoms with Crippen LogP contribution in [0, 0.1) is 0 Å². The lowest BCUT2D eigenvalue weighted by Crippen LogP contribution is -2.36. The van der Waals surface area contributed by atoms with Crippen molar-refractivity contribution in [3.05, 3.63) is 81.8 Å². The van der Waals surface area contributed by atoms with Crippen molar-refractivity contribution in [3.63, 3.8) is 0 Å². The van der Waals surface area contributed by atoms with Gasteiger partial charge in [0.15, 0.2) is 5.96 Å². The molecule has 0 aliphatic heterocycles. The number of rotatable bonds is 8. The van der Waals surface area contributed by atoms with E-state index in [1.165, 1.54) is 4.88 Å². The highest BCUT2D eigenvalue weighted by Crippen LogP contribution is 2.15. The Kier molecular flexibility index (Phi) is 7.44. The van der Waals surface area contributed by atoms with Crippen LogP contribution in [0.4, 0.5) is 0 Å². The third kappa shape index (κ3) is 6.09. The first-order valence-electron chi connectivity index (χ1n) is 9.40. The van der Waals surface area contributed by atoms with E-state index in [0.29, 0.717) is 19.7 Å². The Hall–Kier alpha value is -2.86. The van der Waals surface area contributed by atoms with Gasteiger partial charge in [-0.15, -0.1) is 11.3 Å². The molecule has 0 unspecified atom stereocenters. The van der Waals surface area contributed by atoms with E-state index in [1.54, 1.807) is 18.4 Å². The number of ether oxygens (including phenoxy) is 1. The van der Waals surface area contributed by atoms with Crippen molar-refractivity contribution in [2.75, 3.05) is 7.05 Å². The van der Waals surface area contributed by atoms with Crippen molar-refractivity contribution in [2.45, 2.75) is 33.0 Å². The smallest absolute Gasteiger partial charge is 0.191 e. The SMILES string of the molecule is CCc1cnc(CNC(=NC)NCc2cccc(OCc3ccccc3)c2)s1. The zero-order valence-corrected chi connectivity index (χ0v) is 17.1. The number of aryl methyl sites for hydroxylation is 1. The second kappa shape index (κ2) is 10.5. The molecule has 1 aromatic heterocycles. The van der Waals surface area contributed by atoms with Crippen molar-refractivity contribution in [1.29, 1.82) is 0 Å². The largest absolute Gasteiger partial charge is 0.489 e. The molecule has 3 aromatic rings. The molecule has 0 saturated heterocycles. The van der Waals surface area contributed by atoms with Crippen LogP contribution in [-0.2, 0) is 26.1 Å². The summed E-state index contributed by atoms with van der Waals surface area (Å²) in [7, 11) is 1.77.